The SMILES string of the molecule is Cc1ccccc1C=NNC(=O)CSc1nnc(-c2ccc(Cl)cc2)n1C. The van der Waals surface area contributed by atoms with Gasteiger partial charge in [0.1, 0.15) is 0 Å². The summed E-state index contributed by atoms with van der Waals surface area (Å²) < 4.78 is 1.85. The quantitative estimate of drug-likeness (QED) is 0.390. The number of halogens is 1. The molecule has 2 aromatic carbocycles. The summed E-state index contributed by atoms with van der Waals surface area (Å²) in [5.74, 6) is 0.700. The molecule has 3 rings (SSSR count). The highest BCUT2D eigenvalue weighted by Gasteiger charge is 2.12. The van der Waals surface area contributed by atoms with Gasteiger partial charge < -0.3 is 4.57 Å². The second kappa shape index (κ2) is 8.83. The second-order valence-electron chi connectivity index (χ2n) is 5.81. The van der Waals surface area contributed by atoms with Gasteiger partial charge in [0.15, 0.2) is 11.0 Å². The van der Waals surface area contributed by atoms with Gasteiger partial charge in [-0.3, -0.25) is 4.79 Å². The third-order valence-corrected chi connectivity index (χ3v) is 5.12. The van der Waals surface area contributed by atoms with Crippen LogP contribution in [0.5, 0.6) is 0 Å². The molecule has 1 amide bonds. The van der Waals surface area contributed by atoms with Crippen LogP contribution in [0.15, 0.2) is 58.8 Å². The van der Waals surface area contributed by atoms with Crippen LogP contribution < -0.4 is 5.43 Å². The Bertz CT molecular complexity index is 968. The van der Waals surface area contributed by atoms with E-state index in [-0.39, 0.29) is 11.7 Å². The van der Waals surface area contributed by atoms with E-state index in [1.807, 2.05) is 54.9 Å². The molecule has 3 aromatic rings. The zero-order valence-electron chi connectivity index (χ0n) is 14.9. The molecule has 0 fully saturated rings. The van der Waals surface area contributed by atoms with Crippen LogP contribution in [0.4, 0.5) is 0 Å². The van der Waals surface area contributed by atoms with E-state index in [1.54, 1.807) is 18.3 Å². The van der Waals surface area contributed by atoms with Gasteiger partial charge in [0.25, 0.3) is 5.91 Å². The predicted molar refractivity (Wildman–Crippen MR) is 109 cm³/mol. The number of nitrogens with zero attached hydrogens (tertiary/aromatic N) is 4. The minimum atomic E-state index is -0.208. The van der Waals surface area contributed by atoms with Gasteiger partial charge in [-0.1, -0.05) is 47.6 Å². The monoisotopic (exact) mass is 399 g/mol. The molecule has 6 nitrogen and oxygen atoms in total. The Labute approximate surface area is 166 Å². The Kier molecular flexibility index (Phi) is 6.26. The van der Waals surface area contributed by atoms with Crippen LogP contribution in [0.3, 0.4) is 0 Å². The summed E-state index contributed by atoms with van der Waals surface area (Å²) >= 11 is 7.22. The van der Waals surface area contributed by atoms with Crippen LogP contribution in [0.1, 0.15) is 11.1 Å². The Morgan fingerprint density at radius 2 is 1.96 bits per heavy atom. The van der Waals surface area contributed by atoms with Gasteiger partial charge in [0.05, 0.1) is 12.0 Å². The number of rotatable bonds is 6. The number of carbonyl (C=O) groups excluding carboxylic acids is 1. The van der Waals surface area contributed by atoms with E-state index < -0.39 is 0 Å². The zero-order valence-corrected chi connectivity index (χ0v) is 16.5. The van der Waals surface area contributed by atoms with Crippen LogP contribution in [0, 0.1) is 6.92 Å². The number of hydrazone groups is 1. The highest BCUT2D eigenvalue weighted by Crippen LogP contribution is 2.23. The lowest BCUT2D eigenvalue weighted by Crippen LogP contribution is -2.20. The van der Waals surface area contributed by atoms with Gasteiger partial charge in [-0.25, -0.2) is 5.43 Å². The number of aromatic nitrogens is 3. The topological polar surface area (TPSA) is 72.2 Å². The molecule has 0 radical (unpaired) electrons. The molecule has 0 aliphatic rings. The van der Waals surface area contributed by atoms with Crippen molar-refractivity contribution in [1.82, 2.24) is 20.2 Å². The summed E-state index contributed by atoms with van der Waals surface area (Å²) in [5.41, 5.74) is 5.50. The number of amides is 1. The molecule has 0 bridgehead atoms. The highest BCUT2D eigenvalue weighted by molar-refractivity contribution is 7.99. The summed E-state index contributed by atoms with van der Waals surface area (Å²) in [6, 6.07) is 15.2. The van der Waals surface area contributed by atoms with Crippen molar-refractivity contribution < 1.29 is 4.79 Å². The number of nitrogens with one attached hydrogen (secondary N) is 1. The standard InChI is InChI=1S/C19H18ClN5OS/c1-13-5-3-4-6-15(13)11-21-22-17(26)12-27-19-24-23-18(25(19)2)14-7-9-16(20)10-8-14/h3-11H,12H2,1-2H3,(H,22,26). The molecule has 8 heteroatoms. The summed E-state index contributed by atoms with van der Waals surface area (Å²) in [4.78, 5) is 12.0. The maximum atomic E-state index is 12.0. The molecule has 138 valence electrons. The normalized spacial score (nSPS) is 11.1. The first-order valence-electron chi connectivity index (χ1n) is 8.20. The molecule has 0 aliphatic carbocycles. The maximum absolute atomic E-state index is 12.0. The molecule has 0 unspecified atom stereocenters. The third-order valence-electron chi connectivity index (χ3n) is 3.85. The van der Waals surface area contributed by atoms with Crippen molar-refractivity contribution >= 4 is 35.5 Å². The smallest absolute Gasteiger partial charge is 0.250 e. The van der Waals surface area contributed by atoms with Crippen molar-refractivity contribution in [2.45, 2.75) is 12.1 Å². The van der Waals surface area contributed by atoms with Gasteiger partial charge >= 0.3 is 0 Å². The summed E-state index contributed by atoms with van der Waals surface area (Å²) in [6.07, 6.45) is 1.64. The lowest BCUT2D eigenvalue weighted by Gasteiger charge is -2.04. The van der Waals surface area contributed by atoms with Crippen molar-refractivity contribution in [3.8, 4) is 11.4 Å². The average Bonchev–Trinajstić information content (AvgIpc) is 3.03. The first kappa shape index (κ1) is 19.1. The molecule has 0 saturated heterocycles. The van der Waals surface area contributed by atoms with Crippen molar-refractivity contribution in [1.29, 1.82) is 0 Å². The van der Waals surface area contributed by atoms with E-state index in [2.05, 4.69) is 20.7 Å². The molecular formula is C19H18ClN5OS. The van der Waals surface area contributed by atoms with E-state index in [4.69, 9.17) is 11.6 Å². The molecular weight excluding hydrogens is 382 g/mol. The molecule has 1 heterocycles. The van der Waals surface area contributed by atoms with Gasteiger partial charge in [-0.15, -0.1) is 10.2 Å². The van der Waals surface area contributed by atoms with Crippen LogP contribution in [0.2, 0.25) is 5.02 Å². The number of thioether (sulfide) groups is 1. The van der Waals surface area contributed by atoms with E-state index >= 15 is 0 Å². The average molecular weight is 400 g/mol. The van der Waals surface area contributed by atoms with E-state index in [9.17, 15) is 4.79 Å². The predicted octanol–water partition coefficient (Wildman–Crippen LogP) is 3.69. The van der Waals surface area contributed by atoms with Gasteiger partial charge in [-0.2, -0.15) is 5.10 Å². The summed E-state index contributed by atoms with van der Waals surface area (Å²) in [6.45, 7) is 1.99. The Morgan fingerprint density at radius 1 is 1.22 bits per heavy atom. The highest BCUT2D eigenvalue weighted by atomic mass is 35.5. The number of aryl methyl sites for hydroxylation is 1. The summed E-state index contributed by atoms with van der Waals surface area (Å²) in [7, 11) is 1.86. The molecule has 0 spiro atoms. The molecule has 0 atom stereocenters. The molecule has 1 aromatic heterocycles. The van der Waals surface area contributed by atoms with Crippen LogP contribution in [-0.4, -0.2) is 32.6 Å². The zero-order chi connectivity index (χ0) is 19.2. The maximum Gasteiger partial charge on any atom is 0.250 e. The molecule has 1 N–H and O–H groups in total. The van der Waals surface area contributed by atoms with E-state index in [0.717, 1.165) is 16.7 Å². The van der Waals surface area contributed by atoms with Crippen molar-refractivity contribution in [2.24, 2.45) is 12.1 Å². The molecule has 27 heavy (non-hydrogen) atoms. The van der Waals surface area contributed by atoms with Crippen molar-refractivity contribution in [2.75, 3.05) is 5.75 Å². The number of hydrogen-bond donors (Lipinski definition) is 1. The molecule has 0 saturated carbocycles. The van der Waals surface area contributed by atoms with Crippen LogP contribution >= 0.6 is 23.4 Å². The first-order valence-corrected chi connectivity index (χ1v) is 9.56. The molecule has 0 aliphatic heterocycles. The Morgan fingerprint density at radius 3 is 2.70 bits per heavy atom. The van der Waals surface area contributed by atoms with Crippen LogP contribution in [-0.2, 0) is 11.8 Å². The number of hydrogen-bond acceptors (Lipinski definition) is 5. The second-order valence-corrected chi connectivity index (χ2v) is 7.19. The Balaban J connectivity index is 1.56. The van der Waals surface area contributed by atoms with Gasteiger partial charge in [-0.05, 0) is 42.3 Å². The fraction of sp³-hybridized carbons (Fsp3) is 0.158. The minimum Gasteiger partial charge on any atom is -0.305 e. The van der Waals surface area contributed by atoms with E-state index in [1.165, 1.54) is 11.8 Å². The number of carbonyl (C=O) groups is 1. The van der Waals surface area contributed by atoms with Crippen molar-refractivity contribution in [3.05, 3.63) is 64.7 Å². The third kappa shape index (κ3) is 4.96. The lowest BCUT2D eigenvalue weighted by atomic mass is 10.1. The first-order chi connectivity index (χ1) is 13.0. The lowest BCUT2D eigenvalue weighted by molar-refractivity contribution is -0.118. The summed E-state index contributed by atoms with van der Waals surface area (Å²) in [5, 5.41) is 13.7. The minimum absolute atomic E-state index is 0.192. The fourth-order valence-electron chi connectivity index (χ4n) is 2.36. The van der Waals surface area contributed by atoms with Crippen molar-refractivity contribution in [3.63, 3.8) is 0 Å². The Hall–Kier alpha value is -2.64. The van der Waals surface area contributed by atoms with Gasteiger partial charge in [0, 0.05) is 17.6 Å². The van der Waals surface area contributed by atoms with Crippen LogP contribution in [0.25, 0.3) is 11.4 Å². The number of benzene rings is 2. The van der Waals surface area contributed by atoms with E-state index in [0.29, 0.717) is 16.0 Å². The fourth-order valence-corrected chi connectivity index (χ4v) is 3.19. The van der Waals surface area contributed by atoms with Gasteiger partial charge in [0.2, 0.25) is 0 Å². The largest absolute Gasteiger partial charge is 0.305 e.